The summed E-state index contributed by atoms with van der Waals surface area (Å²) in [6.45, 7) is 3.60. The number of carbonyl (C=O) groups is 2. The zero-order valence-corrected chi connectivity index (χ0v) is 32.2. The number of carbonyl (C=O) groups excluding carboxylic acids is 2. The second kappa shape index (κ2) is 36.1. The third kappa shape index (κ3) is 38.9. The number of hydrogen-bond acceptors (Lipinski definition) is 6. The number of hydrogen-bond donors (Lipinski definition) is 2. The fraction of sp³-hybridized carbons (Fsp3) is 0.800. The molecule has 49 heavy (non-hydrogen) atoms. The summed E-state index contributed by atoms with van der Waals surface area (Å²) in [5.41, 5.74) is 0. The molecule has 0 heterocycles. The molecule has 0 bridgehead atoms. The van der Waals surface area contributed by atoms with Gasteiger partial charge in [0.1, 0.15) is 6.61 Å². The van der Waals surface area contributed by atoms with Crippen molar-refractivity contribution in [2.45, 2.75) is 193 Å². The highest BCUT2D eigenvalue weighted by Gasteiger charge is 2.22. The first kappa shape index (κ1) is 47.3. The van der Waals surface area contributed by atoms with E-state index in [4.69, 9.17) is 19.3 Å². The molecule has 0 aromatic heterocycles. The van der Waals surface area contributed by atoms with Crippen LogP contribution in [0.1, 0.15) is 187 Å². The predicted octanol–water partition coefficient (Wildman–Crippen LogP) is 11.8. The molecule has 8 nitrogen and oxygen atoms in total. The van der Waals surface area contributed by atoms with Gasteiger partial charge in [-0.05, 0) is 64.2 Å². The average molecular weight is 713 g/mol. The van der Waals surface area contributed by atoms with Gasteiger partial charge >= 0.3 is 19.8 Å². The zero-order valence-electron chi connectivity index (χ0n) is 31.3. The van der Waals surface area contributed by atoms with E-state index in [1.54, 1.807) is 0 Å². The first-order valence-corrected chi connectivity index (χ1v) is 21.3. The Morgan fingerprint density at radius 3 is 1.45 bits per heavy atom. The Labute approximate surface area is 300 Å². The first-order chi connectivity index (χ1) is 23.8. The van der Waals surface area contributed by atoms with Gasteiger partial charge in [-0.2, -0.15) is 0 Å². The smallest absolute Gasteiger partial charge is 0.462 e. The lowest BCUT2D eigenvalue weighted by Crippen LogP contribution is -2.29. The summed E-state index contributed by atoms with van der Waals surface area (Å²) in [5.74, 6) is -0.905. The summed E-state index contributed by atoms with van der Waals surface area (Å²) < 4.78 is 26.3. The van der Waals surface area contributed by atoms with Crippen LogP contribution >= 0.6 is 7.82 Å². The van der Waals surface area contributed by atoms with Crippen molar-refractivity contribution in [3.8, 4) is 0 Å². The molecule has 9 heteroatoms. The molecule has 0 amide bonds. The Morgan fingerprint density at radius 1 is 0.531 bits per heavy atom. The van der Waals surface area contributed by atoms with E-state index in [9.17, 15) is 14.2 Å². The lowest BCUT2D eigenvalue weighted by atomic mass is 10.1. The Kier molecular flexibility index (Phi) is 34.8. The largest absolute Gasteiger partial charge is 0.469 e. The minimum absolute atomic E-state index is 0.195. The van der Waals surface area contributed by atoms with E-state index >= 15 is 0 Å². The van der Waals surface area contributed by atoms with Gasteiger partial charge in [0, 0.05) is 12.8 Å². The van der Waals surface area contributed by atoms with Crippen molar-refractivity contribution in [3.63, 3.8) is 0 Å². The van der Waals surface area contributed by atoms with Crippen LogP contribution in [0.15, 0.2) is 36.5 Å². The molecular formula is C40H73O8P. The lowest BCUT2D eigenvalue weighted by Gasteiger charge is -2.18. The Hall–Kier alpha value is -1.73. The monoisotopic (exact) mass is 713 g/mol. The molecule has 0 rings (SSSR count). The molecule has 286 valence electrons. The van der Waals surface area contributed by atoms with E-state index in [0.717, 1.165) is 77.0 Å². The molecule has 0 aliphatic heterocycles. The van der Waals surface area contributed by atoms with E-state index in [2.05, 4.69) is 54.8 Å². The maximum atomic E-state index is 12.3. The number of esters is 2. The van der Waals surface area contributed by atoms with Crippen LogP contribution < -0.4 is 0 Å². The predicted molar refractivity (Wildman–Crippen MR) is 202 cm³/mol. The SMILES string of the molecule is CCC/C=C\C/C=C\CCCCCCCC(=O)OC(COC(=O)CCCCCCCCC/C=C\CCCCCCCCC)COP(=O)(O)O. The highest BCUT2D eigenvalue weighted by atomic mass is 31.2. The third-order valence-corrected chi connectivity index (χ3v) is 8.85. The normalized spacial score (nSPS) is 12.8. The van der Waals surface area contributed by atoms with Gasteiger partial charge in [-0.3, -0.25) is 14.1 Å². The van der Waals surface area contributed by atoms with E-state index in [1.165, 1.54) is 77.0 Å². The molecule has 0 aromatic rings. The van der Waals surface area contributed by atoms with Gasteiger partial charge in [0.15, 0.2) is 6.10 Å². The summed E-state index contributed by atoms with van der Waals surface area (Å²) >= 11 is 0. The van der Waals surface area contributed by atoms with Crippen LogP contribution in [0.3, 0.4) is 0 Å². The zero-order chi connectivity index (χ0) is 36.1. The summed E-state index contributed by atoms with van der Waals surface area (Å²) in [5, 5.41) is 0. The van der Waals surface area contributed by atoms with Crippen molar-refractivity contribution >= 4 is 19.8 Å². The molecule has 1 atom stereocenters. The number of rotatable bonds is 36. The molecule has 0 spiro atoms. The summed E-state index contributed by atoms with van der Waals surface area (Å²) in [6, 6.07) is 0. The van der Waals surface area contributed by atoms with Crippen LogP contribution in [0, 0.1) is 0 Å². The van der Waals surface area contributed by atoms with Crippen LogP contribution in [-0.4, -0.2) is 41.0 Å². The van der Waals surface area contributed by atoms with Crippen molar-refractivity contribution in [3.05, 3.63) is 36.5 Å². The lowest BCUT2D eigenvalue weighted by molar-refractivity contribution is -0.161. The van der Waals surface area contributed by atoms with Gasteiger partial charge < -0.3 is 19.3 Å². The fourth-order valence-corrected chi connectivity index (χ4v) is 5.77. The molecule has 0 aromatic carbocycles. The van der Waals surface area contributed by atoms with E-state index < -0.39 is 32.5 Å². The van der Waals surface area contributed by atoms with Gasteiger partial charge in [0.05, 0.1) is 6.61 Å². The van der Waals surface area contributed by atoms with Crippen molar-refractivity contribution in [2.75, 3.05) is 13.2 Å². The number of unbranched alkanes of at least 4 members (excludes halogenated alkanes) is 20. The van der Waals surface area contributed by atoms with Gasteiger partial charge in [0.2, 0.25) is 0 Å². The average Bonchev–Trinajstić information content (AvgIpc) is 3.07. The van der Waals surface area contributed by atoms with E-state index in [1.807, 2.05) is 0 Å². The molecule has 0 aliphatic carbocycles. The highest BCUT2D eigenvalue weighted by molar-refractivity contribution is 7.46. The molecular weight excluding hydrogens is 639 g/mol. The van der Waals surface area contributed by atoms with Crippen molar-refractivity contribution < 1.29 is 37.9 Å². The van der Waals surface area contributed by atoms with Crippen molar-refractivity contribution in [1.82, 2.24) is 0 Å². The van der Waals surface area contributed by atoms with Gasteiger partial charge in [-0.15, -0.1) is 0 Å². The molecule has 2 N–H and O–H groups in total. The Bertz CT molecular complexity index is 895. The summed E-state index contributed by atoms with van der Waals surface area (Å²) in [4.78, 5) is 42.7. The van der Waals surface area contributed by atoms with Crippen LogP contribution in [0.25, 0.3) is 0 Å². The summed E-state index contributed by atoms with van der Waals surface area (Å²) in [7, 11) is -4.75. The maximum Gasteiger partial charge on any atom is 0.469 e. The molecule has 0 aliphatic rings. The second-order valence-corrected chi connectivity index (χ2v) is 14.5. The van der Waals surface area contributed by atoms with Crippen molar-refractivity contribution in [2.24, 2.45) is 0 Å². The molecule has 0 radical (unpaired) electrons. The highest BCUT2D eigenvalue weighted by Crippen LogP contribution is 2.36. The second-order valence-electron chi connectivity index (χ2n) is 13.2. The summed E-state index contributed by atoms with van der Waals surface area (Å²) in [6.07, 6.45) is 41.5. The van der Waals surface area contributed by atoms with Gasteiger partial charge in [-0.1, -0.05) is 147 Å². The molecule has 0 saturated heterocycles. The topological polar surface area (TPSA) is 119 Å². The fourth-order valence-electron chi connectivity index (χ4n) is 5.40. The Morgan fingerprint density at radius 2 is 0.959 bits per heavy atom. The maximum absolute atomic E-state index is 12.3. The van der Waals surface area contributed by atoms with Gasteiger partial charge in [-0.25, -0.2) is 4.57 Å². The first-order valence-electron chi connectivity index (χ1n) is 19.8. The number of ether oxygens (including phenoxy) is 2. The minimum Gasteiger partial charge on any atom is -0.462 e. The van der Waals surface area contributed by atoms with Crippen LogP contribution in [0.4, 0.5) is 0 Å². The number of allylic oxidation sites excluding steroid dienone is 6. The van der Waals surface area contributed by atoms with E-state index in [-0.39, 0.29) is 19.4 Å². The Balaban J connectivity index is 3.94. The molecule has 0 saturated carbocycles. The third-order valence-electron chi connectivity index (χ3n) is 8.36. The van der Waals surface area contributed by atoms with Crippen LogP contribution in [-0.2, 0) is 28.2 Å². The van der Waals surface area contributed by atoms with Crippen LogP contribution in [0.5, 0.6) is 0 Å². The molecule has 0 fully saturated rings. The number of phosphoric acid groups is 1. The van der Waals surface area contributed by atoms with Crippen molar-refractivity contribution in [1.29, 1.82) is 0 Å². The standard InChI is InChI=1S/C40H73O8P/c1-3-5-7-9-11-13-15-17-18-19-20-21-23-24-26-28-30-32-34-39(41)46-36-38(37-47-49(43,44)45)48-40(42)35-33-31-29-27-25-22-16-14-12-10-8-6-4-2/h8,10,14,16,18-19,38H,3-7,9,11-13,15,17,20-37H2,1-2H3,(H2,43,44,45)/b10-8-,16-14-,19-18-. The van der Waals surface area contributed by atoms with E-state index in [0.29, 0.717) is 6.42 Å². The quantitative estimate of drug-likeness (QED) is 0.0285. The number of phosphoric ester groups is 1. The molecule has 1 unspecified atom stereocenters. The minimum atomic E-state index is -4.75. The van der Waals surface area contributed by atoms with Crippen LogP contribution in [0.2, 0.25) is 0 Å². The van der Waals surface area contributed by atoms with Gasteiger partial charge in [0.25, 0.3) is 0 Å².